The summed E-state index contributed by atoms with van der Waals surface area (Å²) in [5.41, 5.74) is 2.15. The summed E-state index contributed by atoms with van der Waals surface area (Å²) in [5, 5.41) is 2.58. The van der Waals surface area contributed by atoms with Gasteiger partial charge < -0.3 is 14.8 Å². The quantitative estimate of drug-likeness (QED) is 0.582. The van der Waals surface area contributed by atoms with Crippen molar-refractivity contribution < 1.29 is 23.9 Å². The number of esters is 1. The van der Waals surface area contributed by atoms with E-state index in [1.54, 1.807) is 36.4 Å². The van der Waals surface area contributed by atoms with Crippen molar-refractivity contribution in [3.63, 3.8) is 0 Å². The van der Waals surface area contributed by atoms with Gasteiger partial charge in [0.2, 0.25) is 0 Å². The third-order valence-electron chi connectivity index (χ3n) is 3.99. The van der Waals surface area contributed by atoms with Gasteiger partial charge in [-0.15, -0.1) is 0 Å². The molecule has 0 aliphatic heterocycles. The molecule has 6 nitrogen and oxygen atoms in total. The molecular formula is C22H25NO5. The van der Waals surface area contributed by atoms with Gasteiger partial charge in [0, 0.05) is 11.3 Å². The number of hydrogen-bond donors (Lipinski definition) is 1. The van der Waals surface area contributed by atoms with Crippen molar-refractivity contribution in [2.24, 2.45) is 0 Å². The zero-order valence-corrected chi connectivity index (χ0v) is 16.6. The van der Waals surface area contributed by atoms with E-state index >= 15 is 0 Å². The first kappa shape index (κ1) is 21.2. The van der Waals surface area contributed by atoms with E-state index in [4.69, 9.17) is 9.47 Å². The van der Waals surface area contributed by atoms with Crippen molar-refractivity contribution in [3.8, 4) is 5.75 Å². The van der Waals surface area contributed by atoms with Gasteiger partial charge in [0.15, 0.2) is 19.0 Å². The second kappa shape index (κ2) is 9.17. The van der Waals surface area contributed by atoms with Crippen LogP contribution < -0.4 is 10.1 Å². The number of carbonyl (C=O) groups excluding carboxylic acids is 3. The van der Waals surface area contributed by atoms with Gasteiger partial charge in [0.25, 0.3) is 5.91 Å². The Bertz CT molecular complexity index is 850. The van der Waals surface area contributed by atoms with Crippen LogP contribution in [0.1, 0.15) is 43.6 Å². The lowest BCUT2D eigenvalue weighted by molar-refractivity contribution is -0.149. The summed E-state index contributed by atoms with van der Waals surface area (Å²) in [6.07, 6.45) is 0. The van der Waals surface area contributed by atoms with Gasteiger partial charge in [0.1, 0.15) is 5.75 Å². The summed E-state index contributed by atoms with van der Waals surface area (Å²) >= 11 is 0. The third-order valence-corrected chi connectivity index (χ3v) is 3.99. The Morgan fingerprint density at radius 3 is 2.25 bits per heavy atom. The molecule has 0 unspecified atom stereocenters. The fourth-order valence-electron chi connectivity index (χ4n) is 2.39. The molecule has 0 heterocycles. The van der Waals surface area contributed by atoms with Crippen LogP contribution in [0.15, 0.2) is 48.5 Å². The van der Waals surface area contributed by atoms with Crippen molar-refractivity contribution in [2.75, 3.05) is 18.5 Å². The number of rotatable bonds is 7. The van der Waals surface area contributed by atoms with Crippen LogP contribution in [0.4, 0.5) is 5.69 Å². The summed E-state index contributed by atoms with van der Waals surface area (Å²) in [4.78, 5) is 35.0. The Morgan fingerprint density at radius 1 is 0.964 bits per heavy atom. The molecule has 0 radical (unpaired) electrons. The zero-order chi connectivity index (χ0) is 20.7. The molecule has 6 heteroatoms. The van der Waals surface area contributed by atoms with E-state index in [1.165, 1.54) is 6.92 Å². The first-order valence-corrected chi connectivity index (χ1v) is 8.95. The van der Waals surface area contributed by atoms with E-state index in [2.05, 4.69) is 26.1 Å². The molecule has 0 fully saturated rings. The SMILES string of the molecule is CC(=O)c1cccc(NC(=O)COC(=O)COc2ccc(C(C)(C)C)cc2)c1. The minimum Gasteiger partial charge on any atom is -0.482 e. The van der Waals surface area contributed by atoms with Gasteiger partial charge in [-0.1, -0.05) is 45.0 Å². The lowest BCUT2D eigenvalue weighted by Gasteiger charge is -2.19. The monoisotopic (exact) mass is 383 g/mol. The second-order valence-corrected chi connectivity index (χ2v) is 7.41. The molecule has 28 heavy (non-hydrogen) atoms. The number of anilines is 1. The molecule has 0 saturated carbocycles. The number of ether oxygens (including phenoxy) is 2. The first-order chi connectivity index (χ1) is 13.1. The van der Waals surface area contributed by atoms with Crippen molar-refractivity contribution in [1.82, 2.24) is 0 Å². The molecule has 0 aliphatic rings. The number of nitrogens with one attached hydrogen (secondary N) is 1. The molecule has 2 aromatic rings. The van der Waals surface area contributed by atoms with Crippen molar-refractivity contribution in [2.45, 2.75) is 33.1 Å². The molecule has 0 bridgehead atoms. The normalized spacial score (nSPS) is 10.9. The third kappa shape index (κ3) is 6.54. The van der Waals surface area contributed by atoms with Crippen molar-refractivity contribution in [1.29, 1.82) is 0 Å². The Kier molecular flexibility index (Phi) is 6.93. The molecule has 1 N–H and O–H groups in total. The van der Waals surface area contributed by atoms with Crippen LogP contribution in [0.3, 0.4) is 0 Å². The van der Waals surface area contributed by atoms with Gasteiger partial charge in [-0.05, 0) is 42.2 Å². The smallest absolute Gasteiger partial charge is 0.344 e. The van der Waals surface area contributed by atoms with Crippen LogP contribution in [0, 0.1) is 0 Å². The van der Waals surface area contributed by atoms with Crippen molar-refractivity contribution in [3.05, 3.63) is 59.7 Å². The van der Waals surface area contributed by atoms with Crippen LogP contribution in [0.2, 0.25) is 0 Å². The lowest BCUT2D eigenvalue weighted by atomic mass is 9.87. The van der Waals surface area contributed by atoms with E-state index in [-0.39, 0.29) is 17.8 Å². The van der Waals surface area contributed by atoms with Crippen LogP contribution in [0.5, 0.6) is 5.75 Å². The fraction of sp³-hybridized carbons (Fsp3) is 0.318. The van der Waals surface area contributed by atoms with Gasteiger partial charge in [0.05, 0.1) is 0 Å². The molecule has 0 aromatic heterocycles. The highest BCUT2D eigenvalue weighted by Crippen LogP contribution is 2.24. The Labute approximate surface area is 164 Å². The minimum atomic E-state index is -0.646. The lowest BCUT2D eigenvalue weighted by Crippen LogP contribution is -2.23. The topological polar surface area (TPSA) is 81.7 Å². The molecule has 2 rings (SSSR count). The maximum atomic E-state index is 11.9. The van der Waals surface area contributed by atoms with Gasteiger partial charge in [-0.25, -0.2) is 4.79 Å². The largest absolute Gasteiger partial charge is 0.482 e. The van der Waals surface area contributed by atoms with Crippen LogP contribution >= 0.6 is 0 Å². The summed E-state index contributed by atoms with van der Waals surface area (Å²) < 4.78 is 10.3. The van der Waals surface area contributed by atoms with E-state index in [0.29, 0.717) is 17.0 Å². The highest BCUT2D eigenvalue weighted by atomic mass is 16.6. The number of benzene rings is 2. The molecule has 0 atom stereocenters. The average Bonchev–Trinajstić information content (AvgIpc) is 2.64. The predicted octanol–water partition coefficient (Wildman–Crippen LogP) is 3.75. The van der Waals surface area contributed by atoms with Crippen LogP contribution in [-0.2, 0) is 19.7 Å². The molecule has 1 amide bonds. The predicted molar refractivity (Wildman–Crippen MR) is 107 cm³/mol. The van der Waals surface area contributed by atoms with E-state index in [0.717, 1.165) is 5.56 Å². The fourth-order valence-corrected chi connectivity index (χ4v) is 2.39. The van der Waals surface area contributed by atoms with E-state index in [1.807, 2.05) is 12.1 Å². The summed E-state index contributed by atoms with van der Waals surface area (Å²) in [7, 11) is 0. The second-order valence-electron chi connectivity index (χ2n) is 7.41. The first-order valence-electron chi connectivity index (χ1n) is 8.95. The van der Waals surface area contributed by atoms with Gasteiger partial charge in [-0.3, -0.25) is 9.59 Å². The average molecular weight is 383 g/mol. The molecule has 0 aliphatic carbocycles. The van der Waals surface area contributed by atoms with Crippen LogP contribution in [0.25, 0.3) is 0 Å². The Balaban J connectivity index is 1.77. The van der Waals surface area contributed by atoms with E-state index in [9.17, 15) is 14.4 Å². The summed E-state index contributed by atoms with van der Waals surface area (Å²) in [6.45, 7) is 7.06. The maximum absolute atomic E-state index is 11.9. The van der Waals surface area contributed by atoms with Crippen molar-refractivity contribution >= 4 is 23.3 Å². The summed E-state index contributed by atoms with van der Waals surface area (Å²) in [5.74, 6) is -0.693. The molecule has 2 aromatic carbocycles. The van der Waals surface area contributed by atoms with Gasteiger partial charge in [-0.2, -0.15) is 0 Å². The molecule has 0 saturated heterocycles. The number of ketones is 1. The molecule has 0 spiro atoms. The number of Topliss-reactive ketones (excluding diaryl/α,β-unsaturated/α-hetero) is 1. The van der Waals surface area contributed by atoms with E-state index < -0.39 is 18.5 Å². The highest BCUT2D eigenvalue weighted by Gasteiger charge is 2.14. The molecular weight excluding hydrogens is 358 g/mol. The standard InChI is InChI=1S/C22H25NO5/c1-15(24)16-6-5-7-18(12-16)23-20(25)13-28-21(26)14-27-19-10-8-17(9-11-19)22(2,3)4/h5-12H,13-14H2,1-4H3,(H,23,25). The summed E-state index contributed by atoms with van der Waals surface area (Å²) in [6, 6.07) is 14.0. The Hall–Kier alpha value is -3.15. The highest BCUT2D eigenvalue weighted by molar-refractivity contribution is 5.97. The maximum Gasteiger partial charge on any atom is 0.344 e. The number of hydrogen-bond acceptors (Lipinski definition) is 5. The van der Waals surface area contributed by atoms with Gasteiger partial charge >= 0.3 is 5.97 Å². The zero-order valence-electron chi connectivity index (χ0n) is 16.6. The Morgan fingerprint density at radius 2 is 1.64 bits per heavy atom. The minimum absolute atomic E-state index is 0.0365. The number of carbonyl (C=O) groups is 3. The number of amides is 1. The van der Waals surface area contributed by atoms with Crippen LogP contribution in [-0.4, -0.2) is 30.9 Å². The molecule has 148 valence electrons.